The van der Waals surface area contributed by atoms with Crippen LogP contribution in [-0.2, 0) is 0 Å². The Labute approximate surface area is 98.1 Å². The van der Waals surface area contributed by atoms with Crippen LogP contribution >= 0.6 is 0 Å². The fourth-order valence-electron chi connectivity index (χ4n) is 1.20. The van der Waals surface area contributed by atoms with Gasteiger partial charge in [-0.25, -0.2) is 0 Å². The van der Waals surface area contributed by atoms with E-state index < -0.39 is 0 Å². The molecular formula is C13H21N3. The Morgan fingerprint density at radius 1 is 1.31 bits per heavy atom. The Morgan fingerprint density at radius 2 is 1.94 bits per heavy atom. The molecule has 3 heteroatoms. The lowest BCUT2D eigenvalue weighted by atomic mass is 10.0. The van der Waals surface area contributed by atoms with Gasteiger partial charge in [0.2, 0.25) is 0 Å². The van der Waals surface area contributed by atoms with Crippen LogP contribution in [0.25, 0.3) is 0 Å². The zero-order valence-corrected chi connectivity index (χ0v) is 10.5. The van der Waals surface area contributed by atoms with Crippen molar-refractivity contribution < 1.29 is 0 Å². The molecule has 0 fully saturated rings. The van der Waals surface area contributed by atoms with Gasteiger partial charge in [0.05, 0.1) is 5.70 Å². The van der Waals surface area contributed by atoms with Crippen molar-refractivity contribution in [1.82, 2.24) is 5.43 Å². The number of nitrogens with zero attached hydrogens (tertiary/aromatic N) is 1. The highest BCUT2D eigenvalue weighted by atomic mass is 15.2. The van der Waals surface area contributed by atoms with E-state index in [-0.39, 0.29) is 0 Å². The third-order valence-corrected chi connectivity index (χ3v) is 2.19. The number of allylic oxidation sites excluding steroid dienone is 5. The third-order valence-electron chi connectivity index (χ3n) is 2.19. The van der Waals surface area contributed by atoms with E-state index in [4.69, 9.17) is 5.84 Å². The number of aliphatic imine (C=N–C) groups is 1. The number of hydrazine groups is 1. The molecule has 0 heterocycles. The van der Waals surface area contributed by atoms with E-state index in [1.807, 2.05) is 39.0 Å². The van der Waals surface area contributed by atoms with E-state index >= 15 is 0 Å². The second-order valence-electron chi connectivity index (χ2n) is 3.35. The van der Waals surface area contributed by atoms with E-state index in [1.165, 1.54) is 0 Å². The highest BCUT2D eigenvalue weighted by Gasteiger charge is 2.05. The molecule has 0 rings (SSSR count). The molecule has 3 N–H and O–H groups in total. The van der Waals surface area contributed by atoms with Crippen LogP contribution < -0.4 is 11.3 Å². The summed E-state index contributed by atoms with van der Waals surface area (Å²) in [5, 5.41) is 0. The molecule has 0 saturated carbocycles. The highest BCUT2D eigenvalue weighted by molar-refractivity contribution is 5.86. The van der Waals surface area contributed by atoms with Gasteiger partial charge in [-0.15, -0.1) is 0 Å². The lowest BCUT2D eigenvalue weighted by Crippen LogP contribution is -2.23. The van der Waals surface area contributed by atoms with E-state index in [1.54, 1.807) is 13.3 Å². The van der Waals surface area contributed by atoms with Crippen molar-refractivity contribution in [1.29, 1.82) is 0 Å². The molecular weight excluding hydrogens is 198 g/mol. The minimum atomic E-state index is 0.828. The van der Waals surface area contributed by atoms with Crippen LogP contribution in [0, 0.1) is 0 Å². The zero-order valence-electron chi connectivity index (χ0n) is 10.5. The van der Waals surface area contributed by atoms with Gasteiger partial charge in [-0.3, -0.25) is 10.8 Å². The van der Waals surface area contributed by atoms with Crippen LogP contribution in [0.2, 0.25) is 0 Å². The van der Waals surface area contributed by atoms with Crippen molar-refractivity contribution in [3.8, 4) is 0 Å². The highest BCUT2D eigenvalue weighted by Crippen LogP contribution is 2.16. The topological polar surface area (TPSA) is 50.4 Å². The van der Waals surface area contributed by atoms with Gasteiger partial charge in [0, 0.05) is 18.8 Å². The van der Waals surface area contributed by atoms with Gasteiger partial charge < -0.3 is 5.43 Å². The molecule has 0 aromatic carbocycles. The Bertz CT molecular complexity index is 357. The van der Waals surface area contributed by atoms with Crippen molar-refractivity contribution in [2.75, 3.05) is 7.05 Å². The summed E-state index contributed by atoms with van der Waals surface area (Å²) in [5.74, 6) is 5.47. The smallest absolute Gasteiger partial charge is 0.0521 e. The minimum absolute atomic E-state index is 0.828. The fraction of sp³-hybridized carbons (Fsp3) is 0.308. The van der Waals surface area contributed by atoms with Crippen LogP contribution in [-0.4, -0.2) is 13.3 Å². The van der Waals surface area contributed by atoms with Crippen molar-refractivity contribution >= 4 is 6.21 Å². The van der Waals surface area contributed by atoms with E-state index in [0.717, 1.165) is 22.4 Å². The van der Waals surface area contributed by atoms with Crippen LogP contribution in [0.4, 0.5) is 0 Å². The second kappa shape index (κ2) is 7.65. The molecule has 0 saturated heterocycles. The lowest BCUT2D eigenvalue weighted by Gasteiger charge is -2.11. The summed E-state index contributed by atoms with van der Waals surface area (Å²) in [6.45, 7) is 9.91. The molecule has 0 aliphatic carbocycles. The van der Waals surface area contributed by atoms with Crippen molar-refractivity contribution in [2.24, 2.45) is 10.8 Å². The first kappa shape index (κ1) is 14.4. The SMILES string of the molecule is C=C(C=NC)C(=C/C(C)=C\C)/C(=C\C)NN. The minimum Gasteiger partial charge on any atom is -0.324 e. The summed E-state index contributed by atoms with van der Waals surface area (Å²) < 4.78 is 0. The van der Waals surface area contributed by atoms with Gasteiger partial charge in [0.25, 0.3) is 0 Å². The van der Waals surface area contributed by atoms with Gasteiger partial charge in [-0.2, -0.15) is 0 Å². The first-order valence-corrected chi connectivity index (χ1v) is 5.20. The van der Waals surface area contributed by atoms with Gasteiger partial charge >= 0.3 is 0 Å². The predicted octanol–water partition coefficient (Wildman–Crippen LogP) is 2.50. The number of nitrogens with two attached hydrogens (primary N) is 1. The molecule has 0 unspecified atom stereocenters. The lowest BCUT2D eigenvalue weighted by molar-refractivity contribution is 0.898. The molecule has 0 radical (unpaired) electrons. The Morgan fingerprint density at radius 3 is 2.31 bits per heavy atom. The first-order chi connectivity index (χ1) is 7.60. The van der Waals surface area contributed by atoms with Gasteiger partial charge in [0.1, 0.15) is 0 Å². The molecule has 0 bridgehead atoms. The van der Waals surface area contributed by atoms with Crippen LogP contribution in [0.1, 0.15) is 20.8 Å². The predicted molar refractivity (Wildman–Crippen MR) is 72.2 cm³/mol. The molecule has 0 aromatic rings. The van der Waals surface area contributed by atoms with Crippen LogP contribution in [0.3, 0.4) is 0 Å². The normalized spacial score (nSPS) is 14.4. The van der Waals surface area contributed by atoms with E-state index in [0.29, 0.717) is 0 Å². The third kappa shape index (κ3) is 4.28. The Balaban J connectivity index is 5.38. The molecule has 3 nitrogen and oxygen atoms in total. The fourth-order valence-corrected chi connectivity index (χ4v) is 1.20. The summed E-state index contributed by atoms with van der Waals surface area (Å²) in [4.78, 5) is 3.96. The number of hydrogen-bond acceptors (Lipinski definition) is 3. The average molecular weight is 219 g/mol. The molecule has 0 aliphatic heterocycles. The molecule has 0 aromatic heterocycles. The van der Waals surface area contributed by atoms with Gasteiger partial charge in [-0.05, 0) is 32.4 Å². The summed E-state index contributed by atoms with van der Waals surface area (Å²) in [5.41, 5.74) is 6.43. The Hall–Kier alpha value is -1.61. The second-order valence-corrected chi connectivity index (χ2v) is 3.35. The number of rotatable bonds is 5. The van der Waals surface area contributed by atoms with Crippen molar-refractivity contribution in [3.63, 3.8) is 0 Å². The molecule has 0 amide bonds. The average Bonchev–Trinajstić information content (AvgIpc) is 2.29. The van der Waals surface area contributed by atoms with Crippen molar-refractivity contribution in [2.45, 2.75) is 20.8 Å². The largest absolute Gasteiger partial charge is 0.324 e. The quantitative estimate of drug-likeness (QED) is 0.323. The standard InChI is InChI=1S/C13H21N3/c1-6-10(3)8-12(11(4)9-15-5)13(7-2)16-14/h6-9,16H,4,14H2,1-3,5H3/b10-6-,12-8-,13-7+,15-9?. The van der Waals surface area contributed by atoms with E-state index in [9.17, 15) is 0 Å². The number of nitrogens with one attached hydrogen (secondary N) is 1. The zero-order chi connectivity index (χ0) is 12.6. The molecule has 0 aliphatic rings. The van der Waals surface area contributed by atoms with Crippen LogP contribution in [0.5, 0.6) is 0 Å². The molecule has 16 heavy (non-hydrogen) atoms. The molecule has 0 atom stereocenters. The van der Waals surface area contributed by atoms with Crippen molar-refractivity contribution in [3.05, 3.63) is 47.2 Å². The summed E-state index contributed by atoms with van der Waals surface area (Å²) in [7, 11) is 1.72. The maximum absolute atomic E-state index is 5.47. The molecule has 88 valence electrons. The maximum atomic E-state index is 5.47. The van der Waals surface area contributed by atoms with Gasteiger partial charge in [0.15, 0.2) is 0 Å². The van der Waals surface area contributed by atoms with Gasteiger partial charge in [-0.1, -0.05) is 24.3 Å². The maximum Gasteiger partial charge on any atom is 0.0521 e. The number of hydrogen-bond donors (Lipinski definition) is 2. The summed E-state index contributed by atoms with van der Waals surface area (Å²) in [6, 6.07) is 0. The van der Waals surface area contributed by atoms with E-state index in [2.05, 4.69) is 17.0 Å². The summed E-state index contributed by atoms with van der Waals surface area (Å²) >= 11 is 0. The summed E-state index contributed by atoms with van der Waals surface area (Å²) in [6.07, 6.45) is 7.68. The first-order valence-electron chi connectivity index (χ1n) is 5.20. The molecule has 0 spiro atoms. The monoisotopic (exact) mass is 219 g/mol. The van der Waals surface area contributed by atoms with Crippen LogP contribution in [0.15, 0.2) is 52.2 Å². The Kier molecular flexibility index (Phi) is 6.88.